The van der Waals surface area contributed by atoms with Crippen molar-refractivity contribution in [3.63, 3.8) is 0 Å². The van der Waals surface area contributed by atoms with E-state index in [1.54, 1.807) is 6.92 Å². The second-order valence-electron chi connectivity index (χ2n) is 8.22. The van der Waals surface area contributed by atoms with E-state index < -0.39 is 6.09 Å². The smallest absolute Gasteiger partial charge is 0.407 e. The van der Waals surface area contributed by atoms with Crippen molar-refractivity contribution >= 4 is 12.0 Å². The Morgan fingerprint density at radius 1 is 1.14 bits per heavy atom. The summed E-state index contributed by atoms with van der Waals surface area (Å²) in [5.74, 6) is 0.912. The number of hydrogen-bond acceptors (Lipinski definition) is 4. The quantitative estimate of drug-likeness (QED) is 0.603. The molecular weight excluding hydrogens is 356 g/mol. The number of carbonyl (C=O) groups excluding carboxylic acids is 2. The number of aryl methyl sites for hydroxylation is 1. The number of aromatic nitrogens is 2. The van der Waals surface area contributed by atoms with Crippen molar-refractivity contribution < 1.29 is 14.3 Å². The molecule has 0 aliphatic rings. The Bertz CT molecular complexity index is 638. The molecule has 7 nitrogen and oxygen atoms in total. The highest BCUT2D eigenvalue weighted by molar-refractivity contribution is 5.76. The molecule has 0 aliphatic carbocycles. The first kappa shape index (κ1) is 24.0. The van der Waals surface area contributed by atoms with Crippen LogP contribution in [0.3, 0.4) is 0 Å². The summed E-state index contributed by atoms with van der Waals surface area (Å²) in [7, 11) is 0. The zero-order valence-corrected chi connectivity index (χ0v) is 18.6. The predicted molar refractivity (Wildman–Crippen MR) is 111 cm³/mol. The van der Waals surface area contributed by atoms with E-state index in [0.717, 1.165) is 29.9 Å². The maximum absolute atomic E-state index is 12.3. The average molecular weight is 395 g/mol. The summed E-state index contributed by atoms with van der Waals surface area (Å²) in [5, 5.41) is 10.4. The van der Waals surface area contributed by atoms with Crippen molar-refractivity contribution in [3.05, 3.63) is 17.0 Å². The number of nitrogens with one attached hydrogen (secondary N) is 2. The molecule has 0 aromatic carbocycles. The van der Waals surface area contributed by atoms with Gasteiger partial charge < -0.3 is 15.4 Å². The lowest BCUT2D eigenvalue weighted by Gasteiger charge is -2.20. The first-order valence-electron chi connectivity index (χ1n) is 10.4. The molecule has 0 bridgehead atoms. The second-order valence-corrected chi connectivity index (χ2v) is 8.22. The van der Waals surface area contributed by atoms with Gasteiger partial charge in [0.25, 0.3) is 0 Å². The first-order chi connectivity index (χ1) is 13.1. The Balaban J connectivity index is 2.56. The molecule has 160 valence electrons. The third kappa shape index (κ3) is 8.31. The van der Waals surface area contributed by atoms with Gasteiger partial charge in [0.05, 0.1) is 12.3 Å². The summed E-state index contributed by atoms with van der Waals surface area (Å²) in [5.41, 5.74) is 3.28. The zero-order valence-electron chi connectivity index (χ0n) is 18.6. The number of ether oxygens (including phenoxy) is 1. The number of alkyl carbamates (subject to hydrolysis) is 1. The fourth-order valence-corrected chi connectivity index (χ4v) is 3.29. The maximum Gasteiger partial charge on any atom is 0.407 e. The van der Waals surface area contributed by atoms with Crippen LogP contribution in [0.15, 0.2) is 0 Å². The minimum atomic E-state index is -0.439. The lowest BCUT2D eigenvalue weighted by molar-refractivity contribution is -0.121. The van der Waals surface area contributed by atoms with Gasteiger partial charge in [0, 0.05) is 31.2 Å². The molecule has 1 atom stereocenters. The second kappa shape index (κ2) is 11.7. The molecule has 2 N–H and O–H groups in total. The van der Waals surface area contributed by atoms with Crippen LogP contribution in [-0.4, -0.2) is 41.0 Å². The Kier molecular flexibility index (Phi) is 10.0. The van der Waals surface area contributed by atoms with Crippen molar-refractivity contribution in [3.8, 4) is 0 Å². The van der Waals surface area contributed by atoms with Crippen LogP contribution in [0.1, 0.15) is 64.4 Å². The van der Waals surface area contributed by atoms with Crippen molar-refractivity contribution in [2.45, 2.75) is 80.3 Å². The first-order valence-corrected chi connectivity index (χ1v) is 10.4. The fraction of sp³-hybridized carbons (Fsp3) is 0.762. The van der Waals surface area contributed by atoms with Gasteiger partial charge in [0.2, 0.25) is 5.91 Å². The van der Waals surface area contributed by atoms with Gasteiger partial charge in [-0.25, -0.2) is 4.79 Å². The van der Waals surface area contributed by atoms with Crippen molar-refractivity contribution in [2.75, 3.05) is 13.2 Å². The highest BCUT2D eigenvalue weighted by Gasteiger charge is 2.17. The van der Waals surface area contributed by atoms with Crippen LogP contribution >= 0.6 is 0 Å². The molecule has 0 saturated carbocycles. The molecule has 0 saturated heterocycles. The largest absolute Gasteiger partial charge is 0.450 e. The predicted octanol–water partition coefficient (Wildman–Crippen LogP) is 3.37. The summed E-state index contributed by atoms with van der Waals surface area (Å²) >= 11 is 0. The van der Waals surface area contributed by atoms with E-state index in [2.05, 4.69) is 50.4 Å². The Labute approximate surface area is 169 Å². The molecule has 1 rings (SSSR count). The fourth-order valence-electron chi connectivity index (χ4n) is 3.29. The highest BCUT2D eigenvalue weighted by Crippen LogP contribution is 2.16. The molecule has 0 fully saturated rings. The minimum absolute atomic E-state index is 0.0187. The van der Waals surface area contributed by atoms with Crippen LogP contribution in [0.2, 0.25) is 0 Å². The number of hydrogen-bond donors (Lipinski definition) is 2. The van der Waals surface area contributed by atoms with Crippen molar-refractivity contribution in [1.29, 1.82) is 0 Å². The molecule has 1 unspecified atom stereocenters. The van der Waals surface area contributed by atoms with E-state index in [1.165, 1.54) is 0 Å². The van der Waals surface area contributed by atoms with E-state index in [4.69, 9.17) is 4.74 Å². The number of carbonyl (C=O) groups is 2. The minimum Gasteiger partial charge on any atom is -0.450 e. The topological polar surface area (TPSA) is 85.2 Å². The summed E-state index contributed by atoms with van der Waals surface area (Å²) in [6, 6.07) is -0.139. The third-order valence-electron chi connectivity index (χ3n) is 4.57. The monoisotopic (exact) mass is 394 g/mol. The maximum atomic E-state index is 12.3. The summed E-state index contributed by atoms with van der Waals surface area (Å²) in [6.45, 7) is 16.0. The number of rotatable bonds is 11. The summed E-state index contributed by atoms with van der Waals surface area (Å²) in [6.07, 6.45) is 1.41. The Hall–Kier alpha value is -2.05. The third-order valence-corrected chi connectivity index (χ3v) is 4.57. The van der Waals surface area contributed by atoms with Crippen LogP contribution in [0.25, 0.3) is 0 Å². The Morgan fingerprint density at radius 2 is 1.82 bits per heavy atom. The SMILES string of the molecule is CCOC(=O)NC(CNC(=O)CCc1c(C)nn(CC(C)C)c1C)CC(C)C. The van der Waals surface area contributed by atoms with Gasteiger partial charge in [0.15, 0.2) is 0 Å². The van der Waals surface area contributed by atoms with Gasteiger partial charge in [-0.1, -0.05) is 27.7 Å². The number of amides is 2. The molecular formula is C21H38N4O3. The molecule has 0 spiro atoms. The van der Waals surface area contributed by atoms with E-state index in [1.807, 2.05) is 11.6 Å². The van der Waals surface area contributed by atoms with Crippen molar-refractivity contribution in [1.82, 2.24) is 20.4 Å². The van der Waals surface area contributed by atoms with Gasteiger partial charge in [0.1, 0.15) is 0 Å². The van der Waals surface area contributed by atoms with Gasteiger partial charge in [-0.3, -0.25) is 9.48 Å². The van der Waals surface area contributed by atoms with Gasteiger partial charge in [-0.05, 0) is 51.0 Å². The van der Waals surface area contributed by atoms with E-state index in [9.17, 15) is 9.59 Å². The molecule has 1 aromatic heterocycles. The van der Waals surface area contributed by atoms with Crippen molar-refractivity contribution in [2.24, 2.45) is 11.8 Å². The normalized spacial score (nSPS) is 12.3. The zero-order chi connectivity index (χ0) is 21.3. The molecule has 2 amide bonds. The molecule has 1 aromatic rings. The summed E-state index contributed by atoms with van der Waals surface area (Å²) < 4.78 is 6.99. The van der Waals surface area contributed by atoms with E-state index in [0.29, 0.717) is 37.8 Å². The molecule has 1 heterocycles. The average Bonchev–Trinajstić information content (AvgIpc) is 2.83. The van der Waals surface area contributed by atoms with Crippen LogP contribution in [0, 0.1) is 25.7 Å². The standard InChI is InChI=1S/C21H38N4O3/c1-8-28-21(27)23-18(11-14(2)3)12-22-20(26)10-9-19-16(6)24-25(17(19)7)13-15(4)5/h14-15,18H,8-13H2,1-7H3,(H,22,26)(H,23,27). The van der Waals surface area contributed by atoms with Gasteiger partial charge in [-0.15, -0.1) is 0 Å². The molecule has 28 heavy (non-hydrogen) atoms. The summed E-state index contributed by atoms with van der Waals surface area (Å²) in [4.78, 5) is 24.0. The lowest BCUT2D eigenvalue weighted by Crippen LogP contribution is -2.44. The molecule has 7 heteroatoms. The van der Waals surface area contributed by atoms with E-state index >= 15 is 0 Å². The van der Waals surface area contributed by atoms with Crippen LogP contribution in [-0.2, 0) is 22.5 Å². The van der Waals surface area contributed by atoms with Crippen LogP contribution < -0.4 is 10.6 Å². The highest BCUT2D eigenvalue weighted by atomic mass is 16.5. The molecule has 0 aliphatic heterocycles. The van der Waals surface area contributed by atoms with Gasteiger partial charge >= 0.3 is 6.09 Å². The van der Waals surface area contributed by atoms with Crippen LogP contribution in [0.4, 0.5) is 4.79 Å². The Morgan fingerprint density at radius 3 is 2.39 bits per heavy atom. The van der Waals surface area contributed by atoms with Crippen LogP contribution in [0.5, 0.6) is 0 Å². The van der Waals surface area contributed by atoms with E-state index in [-0.39, 0.29) is 11.9 Å². The number of nitrogens with zero attached hydrogens (tertiary/aromatic N) is 2. The lowest BCUT2D eigenvalue weighted by atomic mass is 10.0. The molecule has 0 radical (unpaired) electrons. The van der Waals surface area contributed by atoms with Gasteiger partial charge in [-0.2, -0.15) is 5.10 Å².